The molecule has 0 atom stereocenters. The molecule has 29 heavy (non-hydrogen) atoms. The lowest BCUT2D eigenvalue weighted by atomic mass is 9.98. The molecule has 0 spiro atoms. The standard InChI is InChI=1S/C26H28N2O/c1-3-28(4-2)18-19-29-22-16-14-20(15-17-22)25-23-12-8-9-13-24(23)27-26(25)21-10-6-5-7-11-21/h5-17,27H,3-4,18-19H2,1-2H3. The topological polar surface area (TPSA) is 28.3 Å². The van der Waals surface area contributed by atoms with Crippen LogP contribution >= 0.6 is 0 Å². The smallest absolute Gasteiger partial charge is 0.119 e. The fourth-order valence-corrected chi connectivity index (χ4v) is 3.81. The molecule has 0 aliphatic rings. The molecule has 0 aliphatic heterocycles. The molecule has 4 aromatic rings. The van der Waals surface area contributed by atoms with Gasteiger partial charge in [-0.1, -0.05) is 74.5 Å². The maximum absolute atomic E-state index is 5.97. The van der Waals surface area contributed by atoms with Crippen molar-refractivity contribution in [2.75, 3.05) is 26.2 Å². The van der Waals surface area contributed by atoms with Crippen LogP contribution in [0.2, 0.25) is 0 Å². The highest BCUT2D eigenvalue weighted by Gasteiger charge is 2.14. The summed E-state index contributed by atoms with van der Waals surface area (Å²) in [5, 5.41) is 1.24. The number of likely N-dealkylation sites (N-methyl/N-ethyl adjacent to an activating group) is 1. The minimum Gasteiger partial charge on any atom is -0.492 e. The van der Waals surface area contributed by atoms with Crippen molar-refractivity contribution >= 4 is 10.9 Å². The first-order chi connectivity index (χ1) is 14.3. The maximum atomic E-state index is 5.97. The van der Waals surface area contributed by atoms with Crippen molar-refractivity contribution < 1.29 is 4.74 Å². The Morgan fingerprint density at radius 3 is 2.17 bits per heavy atom. The molecule has 3 nitrogen and oxygen atoms in total. The van der Waals surface area contributed by atoms with Gasteiger partial charge in [0.2, 0.25) is 0 Å². The van der Waals surface area contributed by atoms with Crippen LogP contribution in [-0.2, 0) is 0 Å². The zero-order chi connectivity index (χ0) is 20.1. The molecule has 1 aromatic heterocycles. The number of para-hydroxylation sites is 1. The molecule has 4 rings (SSSR count). The summed E-state index contributed by atoms with van der Waals surface area (Å²) in [5.41, 5.74) is 5.93. The molecule has 0 bridgehead atoms. The van der Waals surface area contributed by atoms with E-state index in [2.05, 4.69) is 103 Å². The highest BCUT2D eigenvalue weighted by atomic mass is 16.5. The lowest BCUT2D eigenvalue weighted by Gasteiger charge is -2.18. The van der Waals surface area contributed by atoms with Gasteiger partial charge in [-0.15, -0.1) is 0 Å². The third-order valence-electron chi connectivity index (χ3n) is 5.48. The molecule has 148 valence electrons. The van der Waals surface area contributed by atoms with Gasteiger partial charge >= 0.3 is 0 Å². The number of nitrogens with zero attached hydrogens (tertiary/aromatic N) is 1. The molecule has 0 radical (unpaired) electrons. The number of hydrogen-bond acceptors (Lipinski definition) is 2. The molecule has 1 heterocycles. The molecule has 0 unspecified atom stereocenters. The van der Waals surface area contributed by atoms with Crippen LogP contribution in [0, 0.1) is 0 Å². The van der Waals surface area contributed by atoms with Crippen LogP contribution in [0.1, 0.15) is 13.8 Å². The Labute approximate surface area is 172 Å². The van der Waals surface area contributed by atoms with Gasteiger partial charge in [0.1, 0.15) is 12.4 Å². The molecule has 0 fully saturated rings. The van der Waals surface area contributed by atoms with Gasteiger partial charge in [-0.3, -0.25) is 0 Å². The second-order valence-electron chi connectivity index (χ2n) is 7.19. The highest BCUT2D eigenvalue weighted by molar-refractivity contribution is 6.03. The van der Waals surface area contributed by atoms with E-state index in [1.807, 2.05) is 0 Å². The molecule has 0 saturated heterocycles. The third-order valence-corrected chi connectivity index (χ3v) is 5.48. The number of hydrogen-bond donors (Lipinski definition) is 1. The Hall–Kier alpha value is -3.04. The molecule has 3 aromatic carbocycles. The number of rotatable bonds is 8. The van der Waals surface area contributed by atoms with Gasteiger partial charge < -0.3 is 14.6 Å². The fraction of sp³-hybridized carbons (Fsp3) is 0.231. The molecule has 0 saturated carbocycles. The second kappa shape index (κ2) is 8.97. The summed E-state index contributed by atoms with van der Waals surface area (Å²) in [7, 11) is 0. The number of aromatic amines is 1. The van der Waals surface area contributed by atoms with Crippen molar-refractivity contribution in [1.29, 1.82) is 0 Å². The van der Waals surface area contributed by atoms with Crippen molar-refractivity contribution in [1.82, 2.24) is 9.88 Å². The van der Waals surface area contributed by atoms with Crippen molar-refractivity contribution in [3.63, 3.8) is 0 Å². The first-order valence-corrected chi connectivity index (χ1v) is 10.4. The summed E-state index contributed by atoms with van der Waals surface area (Å²) in [6, 6.07) is 27.5. The average Bonchev–Trinajstić information content (AvgIpc) is 3.17. The molecule has 3 heteroatoms. The van der Waals surface area contributed by atoms with Crippen LogP contribution in [0.4, 0.5) is 0 Å². The number of H-pyrrole nitrogens is 1. The maximum Gasteiger partial charge on any atom is 0.119 e. The number of benzene rings is 3. The molecule has 0 aliphatic carbocycles. The van der Waals surface area contributed by atoms with Gasteiger partial charge in [0.25, 0.3) is 0 Å². The van der Waals surface area contributed by atoms with E-state index in [4.69, 9.17) is 4.74 Å². The second-order valence-corrected chi connectivity index (χ2v) is 7.19. The van der Waals surface area contributed by atoms with Crippen molar-refractivity contribution in [3.05, 3.63) is 78.9 Å². The van der Waals surface area contributed by atoms with Crippen LogP contribution in [0.15, 0.2) is 78.9 Å². The fourth-order valence-electron chi connectivity index (χ4n) is 3.81. The largest absolute Gasteiger partial charge is 0.492 e. The lowest BCUT2D eigenvalue weighted by Crippen LogP contribution is -2.27. The number of nitrogens with one attached hydrogen (secondary N) is 1. The van der Waals surface area contributed by atoms with E-state index < -0.39 is 0 Å². The first-order valence-electron chi connectivity index (χ1n) is 10.4. The zero-order valence-electron chi connectivity index (χ0n) is 17.2. The van der Waals surface area contributed by atoms with Crippen LogP contribution in [0.3, 0.4) is 0 Å². The van der Waals surface area contributed by atoms with E-state index in [1.165, 1.54) is 22.1 Å². The predicted molar refractivity (Wildman–Crippen MR) is 122 cm³/mol. The lowest BCUT2D eigenvalue weighted by molar-refractivity contribution is 0.223. The zero-order valence-corrected chi connectivity index (χ0v) is 17.2. The Kier molecular flexibility index (Phi) is 5.97. The van der Waals surface area contributed by atoms with Gasteiger partial charge in [0, 0.05) is 23.0 Å². The van der Waals surface area contributed by atoms with Crippen LogP contribution in [0.25, 0.3) is 33.3 Å². The monoisotopic (exact) mass is 384 g/mol. The Morgan fingerprint density at radius 1 is 0.759 bits per heavy atom. The number of ether oxygens (including phenoxy) is 1. The van der Waals surface area contributed by atoms with Gasteiger partial charge in [-0.05, 0) is 42.4 Å². The summed E-state index contributed by atoms with van der Waals surface area (Å²) in [5.74, 6) is 0.919. The number of aromatic nitrogens is 1. The van der Waals surface area contributed by atoms with Gasteiger partial charge in [-0.2, -0.15) is 0 Å². The quantitative estimate of drug-likeness (QED) is 0.390. The summed E-state index contributed by atoms with van der Waals surface area (Å²) in [6.45, 7) is 8.15. The Bertz CT molecular complexity index is 1050. The van der Waals surface area contributed by atoms with E-state index in [1.54, 1.807) is 0 Å². The third kappa shape index (κ3) is 4.20. The van der Waals surface area contributed by atoms with E-state index in [-0.39, 0.29) is 0 Å². The SMILES string of the molecule is CCN(CC)CCOc1ccc(-c2c(-c3ccccc3)[nH]c3ccccc23)cc1. The average molecular weight is 385 g/mol. The van der Waals surface area contributed by atoms with Gasteiger partial charge in [-0.25, -0.2) is 0 Å². The first kappa shape index (κ1) is 19.3. The molecular weight excluding hydrogens is 356 g/mol. The predicted octanol–water partition coefficient (Wildman–Crippen LogP) is 6.22. The molecule has 1 N–H and O–H groups in total. The summed E-state index contributed by atoms with van der Waals surface area (Å²) >= 11 is 0. The Morgan fingerprint density at radius 2 is 1.45 bits per heavy atom. The van der Waals surface area contributed by atoms with Gasteiger partial charge in [0.15, 0.2) is 0 Å². The minimum atomic E-state index is 0.712. The van der Waals surface area contributed by atoms with Crippen LogP contribution < -0.4 is 4.74 Å². The van der Waals surface area contributed by atoms with Crippen LogP contribution in [-0.4, -0.2) is 36.1 Å². The van der Waals surface area contributed by atoms with E-state index in [9.17, 15) is 0 Å². The van der Waals surface area contributed by atoms with Gasteiger partial charge in [0.05, 0.1) is 5.69 Å². The summed E-state index contributed by atoms with van der Waals surface area (Å²) in [4.78, 5) is 5.98. The van der Waals surface area contributed by atoms with Crippen molar-refractivity contribution in [2.24, 2.45) is 0 Å². The Balaban J connectivity index is 1.63. The summed E-state index contributed by atoms with van der Waals surface area (Å²) in [6.07, 6.45) is 0. The van der Waals surface area contributed by atoms with Crippen LogP contribution in [0.5, 0.6) is 5.75 Å². The molecule has 0 amide bonds. The number of fused-ring (bicyclic) bond motifs is 1. The van der Waals surface area contributed by atoms with E-state index >= 15 is 0 Å². The van der Waals surface area contributed by atoms with E-state index in [0.717, 1.165) is 36.6 Å². The van der Waals surface area contributed by atoms with E-state index in [0.29, 0.717) is 6.61 Å². The normalized spacial score (nSPS) is 11.3. The van der Waals surface area contributed by atoms with Crippen molar-refractivity contribution in [2.45, 2.75) is 13.8 Å². The highest BCUT2D eigenvalue weighted by Crippen LogP contribution is 2.38. The minimum absolute atomic E-state index is 0.712. The van der Waals surface area contributed by atoms with Crippen molar-refractivity contribution in [3.8, 4) is 28.1 Å². The summed E-state index contributed by atoms with van der Waals surface area (Å²) < 4.78 is 5.97. The molecular formula is C26H28N2O.